The Morgan fingerprint density at radius 1 is 0.733 bits per heavy atom. The van der Waals surface area contributed by atoms with Crippen LogP contribution in [0.2, 0.25) is 0 Å². The average Bonchev–Trinajstić information content (AvgIpc) is 3.12. The van der Waals surface area contributed by atoms with E-state index in [2.05, 4.69) is 67.6 Å². The van der Waals surface area contributed by atoms with E-state index in [1.54, 1.807) is 5.56 Å². The summed E-state index contributed by atoms with van der Waals surface area (Å²) in [5, 5.41) is 2.44. The Bertz CT molecular complexity index is 1240. The van der Waals surface area contributed by atoms with Gasteiger partial charge in [-0.1, -0.05) is 48.5 Å². The van der Waals surface area contributed by atoms with E-state index in [-0.39, 0.29) is 0 Å². The molecule has 0 radical (unpaired) electrons. The molecular formula is C29H28O. The van der Waals surface area contributed by atoms with Gasteiger partial charge in [0.1, 0.15) is 11.2 Å². The number of benzene rings is 3. The number of furan rings is 1. The number of para-hydroxylation sites is 1. The summed E-state index contributed by atoms with van der Waals surface area (Å²) in [5.41, 5.74) is 7.88. The first-order valence-corrected chi connectivity index (χ1v) is 11.7. The second-order valence-corrected chi connectivity index (χ2v) is 10.5. The van der Waals surface area contributed by atoms with Gasteiger partial charge in [-0.3, -0.25) is 0 Å². The van der Waals surface area contributed by atoms with Crippen molar-refractivity contribution in [3.63, 3.8) is 0 Å². The highest BCUT2D eigenvalue weighted by atomic mass is 16.3. The SMILES string of the molecule is Cc1cccc2c1oc1ccc(-c3ccc(C45CC6CC(CC(C6)C4)C5)cc3)cc12. The van der Waals surface area contributed by atoms with Gasteiger partial charge in [0.05, 0.1) is 0 Å². The van der Waals surface area contributed by atoms with E-state index in [1.165, 1.54) is 66.0 Å². The topological polar surface area (TPSA) is 13.1 Å². The molecule has 0 spiro atoms. The zero-order valence-electron chi connectivity index (χ0n) is 17.7. The van der Waals surface area contributed by atoms with Crippen molar-refractivity contribution in [1.29, 1.82) is 0 Å². The zero-order valence-corrected chi connectivity index (χ0v) is 17.7. The van der Waals surface area contributed by atoms with Crippen LogP contribution in [0.4, 0.5) is 0 Å². The third-order valence-electron chi connectivity index (χ3n) is 8.56. The van der Waals surface area contributed by atoms with E-state index in [4.69, 9.17) is 4.42 Å². The van der Waals surface area contributed by atoms with Crippen LogP contribution in [0.15, 0.2) is 65.1 Å². The van der Waals surface area contributed by atoms with E-state index in [0.717, 1.165) is 28.9 Å². The molecule has 4 saturated carbocycles. The fraction of sp³-hybridized carbons (Fsp3) is 0.379. The quantitative estimate of drug-likeness (QED) is 0.336. The number of aryl methyl sites for hydroxylation is 1. The summed E-state index contributed by atoms with van der Waals surface area (Å²) in [4.78, 5) is 0. The molecule has 1 heteroatoms. The Balaban J connectivity index is 1.27. The predicted molar refractivity (Wildman–Crippen MR) is 124 cm³/mol. The maximum Gasteiger partial charge on any atom is 0.138 e. The standard InChI is InChI=1S/C29H28O/c1-18-3-2-4-25-26-14-23(7-10-27(26)30-28(18)25)22-5-8-24(9-6-22)29-15-19-11-20(16-29)13-21(12-19)17-29/h2-10,14,19-21H,11-13,15-17H2,1H3. The van der Waals surface area contributed by atoms with E-state index in [1.807, 2.05) is 0 Å². The van der Waals surface area contributed by atoms with Crippen LogP contribution in [0, 0.1) is 24.7 Å². The van der Waals surface area contributed by atoms with Gasteiger partial charge in [-0.05, 0) is 103 Å². The highest BCUT2D eigenvalue weighted by Gasteiger charge is 2.51. The van der Waals surface area contributed by atoms with Crippen LogP contribution in [0.25, 0.3) is 33.1 Å². The second-order valence-electron chi connectivity index (χ2n) is 10.5. The molecule has 4 aliphatic rings. The lowest BCUT2D eigenvalue weighted by molar-refractivity contribution is -0.00518. The van der Waals surface area contributed by atoms with Gasteiger partial charge < -0.3 is 4.42 Å². The first-order valence-electron chi connectivity index (χ1n) is 11.7. The summed E-state index contributed by atoms with van der Waals surface area (Å²) in [7, 11) is 0. The molecule has 0 atom stereocenters. The lowest BCUT2D eigenvalue weighted by Gasteiger charge is -2.57. The molecule has 4 aliphatic carbocycles. The van der Waals surface area contributed by atoms with Gasteiger partial charge in [0.15, 0.2) is 0 Å². The van der Waals surface area contributed by atoms with Gasteiger partial charge in [0.25, 0.3) is 0 Å². The molecule has 4 bridgehead atoms. The van der Waals surface area contributed by atoms with Crippen LogP contribution in [0.3, 0.4) is 0 Å². The van der Waals surface area contributed by atoms with Crippen molar-refractivity contribution >= 4 is 21.9 Å². The Kier molecular flexibility index (Phi) is 3.44. The molecule has 0 unspecified atom stereocenters. The molecule has 0 N–H and O–H groups in total. The van der Waals surface area contributed by atoms with Crippen LogP contribution in [-0.2, 0) is 5.41 Å². The van der Waals surface area contributed by atoms with Gasteiger partial charge in [0, 0.05) is 10.8 Å². The van der Waals surface area contributed by atoms with Crippen molar-refractivity contribution in [2.75, 3.05) is 0 Å². The van der Waals surface area contributed by atoms with E-state index < -0.39 is 0 Å². The Hall–Kier alpha value is -2.54. The number of hydrogen-bond acceptors (Lipinski definition) is 1. The summed E-state index contributed by atoms with van der Waals surface area (Å²) < 4.78 is 6.13. The molecule has 1 heterocycles. The Labute approximate surface area is 178 Å². The van der Waals surface area contributed by atoms with Crippen molar-refractivity contribution in [2.24, 2.45) is 17.8 Å². The summed E-state index contributed by atoms with van der Waals surface area (Å²) >= 11 is 0. The predicted octanol–water partition coefficient (Wildman–Crippen LogP) is 8.03. The number of hydrogen-bond donors (Lipinski definition) is 0. The minimum absolute atomic E-state index is 0.482. The first-order chi connectivity index (χ1) is 14.7. The molecule has 1 nitrogen and oxygen atoms in total. The lowest BCUT2D eigenvalue weighted by atomic mass is 9.48. The van der Waals surface area contributed by atoms with E-state index >= 15 is 0 Å². The summed E-state index contributed by atoms with van der Waals surface area (Å²) in [5.74, 6) is 2.99. The molecular weight excluding hydrogens is 364 g/mol. The number of fused-ring (bicyclic) bond motifs is 3. The van der Waals surface area contributed by atoms with E-state index in [0.29, 0.717) is 5.41 Å². The molecule has 150 valence electrons. The number of rotatable bonds is 2. The smallest absolute Gasteiger partial charge is 0.138 e. The van der Waals surface area contributed by atoms with Gasteiger partial charge in [-0.15, -0.1) is 0 Å². The molecule has 0 amide bonds. The minimum atomic E-state index is 0.482. The van der Waals surface area contributed by atoms with Crippen molar-refractivity contribution in [1.82, 2.24) is 0 Å². The van der Waals surface area contributed by atoms with Crippen LogP contribution in [-0.4, -0.2) is 0 Å². The van der Waals surface area contributed by atoms with Crippen molar-refractivity contribution in [3.05, 3.63) is 71.8 Å². The Morgan fingerprint density at radius 2 is 1.40 bits per heavy atom. The van der Waals surface area contributed by atoms with Crippen LogP contribution >= 0.6 is 0 Å². The highest BCUT2D eigenvalue weighted by Crippen LogP contribution is 2.60. The molecule has 30 heavy (non-hydrogen) atoms. The molecule has 0 aliphatic heterocycles. The highest BCUT2D eigenvalue weighted by molar-refractivity contribution is 6.07. The monoisotopic (exact) mass is 392 g/mol. The summed E-state index contributed by atoms with van der Waals surface area (Å²) in [6.07, 6.45) is 8.83. The van der Waals surface area contributed by atoms with Crippen LogP contribution < -0.4 is 0 Å². The van der Waals surface area contributed by atoms with Crippen LogP contribution in [0.5, 0.6) is 0 Å². The first kappa shape index (κ1) is 17.2. The molecule has 3 aromatic carbocycles. The maximum absolute atomic E-state index is 6.13. The van der Waals surface area contributed by atoms with Gasteiger partial charge in [-0.25, -0.2) is 0 Å². The molecule has 4 aromatic rings. The largest absolute Gasteiger partial charge is 0.456 e. The fourth-order valence-electron chi connectivity index (χ4n) is 7.60. The summed E-state index contributed by atoms with van der Waals surface area (Å²) in [6.45, 7) is 2.12. The molecule has 0 saturated heterocycles. The molecule has 1 aromatic heterocycles. The normalized spacial score (nSPS) is 29.8. The van der Waals surface area contributed by atoms with Crippen molar-refractivity contribution in [3.8, 4) is 11.1 Å². The third-order valence-corrected chi connectivity index (χ3v) is 8.56. The van der Waals surface area contributed by atoms with Crippen molar-refractivity contribution < 1.29 is 4.42 Å². The maximum atomic E-state index is 6.13. The van der Waals surface area contributed by atoms with Gasteiger partial charge in [-0.2, -0.15) is 0 Å². The Morgan fingerprint density at radius 3 is 2.10 bits per heavy atom. The van der Waals surface area contributed by atoms with Gasteiger partial charge in [0.2, 0.25) is 0 Å². The average molecular weight is 393 g/mol. The summed E-state index contributed by atoms with van der Waals surface area (Å²) in [6, 6.07) is 22.7. The lowest BCUT2D eigenvalue weighted by Crippen LogP contribution is -2.48. The van der Waals surface area contributed by atoms with Gasteiger partial charge >= 0.3 is 0 Å². The second kappa shape index (κ2) is 6.00. The van der Waals surface area contributed by atoms with E-state index in [9.17, 15) is 0 Å². The molecule has 4 fully saturated rings. The van der Waals surface area contributed by atoms with Crippen molar-refractivity contribution in [2.45, 2.75) is 50.9 Å². The minimum Gasteiger partial charge on any atom is -0.456 e. The fourth-order valence-corrected chi connectivity index (χ4v) is 7.60. The zero-order chi connectivity index (χ0) is 19.9. The van der Waals surface area contributed by atoms with Crippen LogP contribution in [0.1, 0.15) is 49.7 Å². The third kappa shape index (κ3) is 2.41. The molecule has 8 rings (SSSR count).